The fourth-order valence-corrected chi connectivity index (χ4v) is 2.74. The van der Waals surface area contributed by atoms with Crippen molar-refractivity contribution < 1.29 is 9.90 Å². The molecule has 1 N–H and O–H groups in total. The average molecular weight is 293 g/mol. The first-order chi connectivity index (χ1) is 10.7. The van der Waals surface area contributed by atoms with Gasteiger partial charge in [-0.3, -0.25) is 4.79 Å². The number of phenolic OH excluding ortho intramolecular Hbond substituents is 1. The van der Waals surface area contributed by atoms with Crippen molar-refractivity contribution in [3.05, 3.63) is 71.5 Å². The van der Waals surface area contributed by atoms with Crippen molar-refractivity contribution in [3.8, 4) is 5.75 Å². The highest BCUT2D eigenvalue weighted by molar-refractivity contribution is 6.09. The number of aromatic nitrogens is 1. The normalized spacial score (nSPS) is 11.0. The van der Waals surface area contributed by atoms with E-state index in [2.05, 4.69) is 13.0 Å². The lowest BCUT2D eigenvalue weighted by atomic mass is 10.0. The number of carbonyl (C=O) groups is 1. The summed E-state index contributed by atoms with van der Waals surface area (Å²) >= 11 is 0. The van der Waals surface area contributed by atoms with E-state index in [0.29, 0.717) is 5.56 Å². The Labute approximate surface area is 129 Å². The fraction of sp³-hybridized carbons (Fsp3) is 0.211. The molecule has 0 aliphatic carbocycles. The number of fused-ring (bicyclic) bond motifs is 1. The number of carbonyl (C=O) groups excluding carboxylic acids is 1. The Kier molecular flexibility index (Phi) is 3.96. The molecule has 0 spiro atoms. The van der Waals surface area contributed by atoms with Gasteiger partial charge in [0.1, 0.15) is 5.75 Å². The minimum Gasteiger partial charge on any atom is -0.508 e. The van der Waals surface area contributed by atoms with Crippen LogP contribution in [0.2, 0.25) is 0 Å². The maximum absolute atomic E-state index is 12.9. The molecule has 0 atom stereocenters. The van der Waals surface area contributed by atoms with Crippen LogP contribution in [0.3, 0.4) is 0 Å². The number of benzene rings is 1. The second-order valence-electron chi connectivity index (χ2n) is 5.49. The average Bonchev–Trinajstić information content (AvgIpc) is 2.91. The van der Waals surface area contributed by atoms with Gasteiger partial charge in [0.05, 0.1) is 5.69 Å². The topological polar surface area (TPSA) is 41.7 Å². The molecule has 2 heterocycles. The van der Waals surface area contributed by atoms with E-state index in [1.54, 1.807) is 24.3 Å². The predicted molar refractivity (Wildman–Crippen MR) is 87.5 cm³/mol. The summed E-state index contributed by atoms with van der Waals surface area (Å²) in [5.74, 6) is 0.167. The summed E-state index contributed by atoms with van der Waals surface area (Å²) in [6, 6.07) is 14.5. The Morgan fingerprint density at radius 1 is 1.14 bits per heavy atom. The van der Waals surface area contributed by atoms with Gasteiger partial charge < -0.3 is 9.51 Å². The lowest BCUT2D eigenvalue weighted by Crippen LogP contribution is -2.08. The molecule has 112 valence electrons. The van der Waals surface area contributed by atoms with Crippen molar-refractivity contribution in [2.75, 3.05) is 0 Å². The molecule has 3 aromatic rings. The number of hydrogen-bond acceptors (Lipinski definition) is 2. The Bertz CT molecular complexity index is 800. The van der Waals surface area contributed by atoms with Crippen LogP contribution in [0.15, 0.2) is 54.7 Å². The van der Waals surface area contributed by atoms with E-state index >= 15 is 0 Å². The molecule has 0 unspecified atom stereocenters. The Morgan fingerprint density at radius 3 is 2.64 bits per heavy atom. The van der Waals surface area contributed by atoms with Crippen LogP contribution in [-0.2, 0) is 6.42 Å². The zero-order chi connectivity index (χ0) is 15.5. The van der Waals surface area contributed by atoms with Gasteiger partial charge in [0.15, 0.2) is 0 Å². The van der Waals surface area contributed by atoms with Crippen LogP contribution in [0.1, 0.15) is 41.4 Å². The first-order valence-corrected chi connectivity index (χ1v) is 7.63. The summed E-state index contributed by atoms with van der Waals surface area (Å²) in [4.78, 5) is 12.9. The molecule has 0 fully saturated rings. The van der Waals surface area contributed by atoms with Crippen molar-refractivity contribution in [1.82, 2.24) is 4.40 Å². The van der Waals surface area contributed by atoms with Gasteiger partial charge in [0, 0.05) is 17.3 Å². The first-order valence-electron chi connectivity index (χ1n) is 7.63. The molecule has 3 nitrogen and oxygen atoms in total. The summed E-state index contributed by atoms with van der Waals surface area (Å²) in [6.45, 7) is 2.15. The van der Waals surface area contributed by atoms with E-state index in [1.807, 2.05) is 28.8 Å². The Balaban J connectivity index is 2.10. The second-order valence-corrected chi connectivity index (χ2v) is 5.49. The van der Waals surface area contributed by atoms with Crippen LogP contribution in [0.4, 0.5) is 0 Å². The molecule has 3 rings (SSSR count). The molecule has 0 radical (unpaired) electrons. The standard InChI is InChI=1S/C19H19NO2/c1-2-3-6-15-13-16-7-4-5-12-20(16)18(15)19(22)14-8-10-17(21)11-9-14/h4-5,7-13,21H,2-3,6H2,1H3. The molecular formula is C19H19NO2. The highest BCUT2D eigenvalue weighted by atomic mass is 16.3. The first kappa shape index (κ1) is 14.4. The van der Waals surface area contributed by atoms with Crippen molar-refractivity contribution in [2.24, 2.45) is 0 Å². The van der Waals surface area contributed by atoms with Crippen LogP contribution in [0.25, 0.3) is 5.52 Å². The van der Waals surface area contributed by atoms with Gasteiger partial charge in [0.2, 0.25) is 5.78 Å². The summed E-state index contributed by atoms with van der Waals surface area (Å²) < 4.78 is 1.96. The molecule has 0 saturated carbocycles. The maximum Gasteiger partial charge on any atom is 0.210 e. The van der Waals surface area contributed by atoms with Crippen LogP contribution in [0, 0.1) is 0 Å². The monoisotopic (exact) mass is 293 g/mol. The number of aromatic hydroxyl groups is 1. The summed E-state index contributed by atoms with van der Waals surface area (Å²) in [5.41, 5.74) is 3.45. The molecule has 22 heavy (non-hydrogen) atoms. The fourth-order valence-electron chi connectivity index (χ4n) is 2.74. The number of pyridine rings is 1. The van der Waals surface area contributed by atoms with Gasteiger partial charge in [0.25, 0.3) is 0 Å². The van der Waals surface area contributed by atoms with E-state index in [9.17, 15) is 9.90 Å². The van der Waals surface area contributed by atoms with Crippen LogP contribution in [0.5, 0.6) is 5.75 Å². The third-order valence-electron chi connectivity index (χ3n) is 3.90. The Hall–Kier alpha value is -2.55. The lowest BCUT2D eigenvalue weighted by Gasteiger charge is -2.06. The van der Waals surface area contributed by atoms with Crippen LogP contribution >= 0.6 is 0 Å². The quantitative estimate of drug-likeness (QED) is 0.716. The van der Waals surface area contributed by atoms with E-state index < -0.39 is 0 Å². The number of ketones is 1. The number of phenols is 1. The molecule has 0 aliphatic heterocycles. The van der Waals surface area contributed by atoms with Crippen LogP contribution < -0.4 is 0 Å². The Morgan fingerprint density at radius 2 is 1.91 bits per heavy atom. The van der Waals surface area contributed by atoms with Gasteiger partial charge in [-0.05, 0) is 60.9 Å². The predicted octanol–water partition coefficient (Wildman–Crippen LogP) is 4.22. The van der Waals surface area contributed by atoms with Gasteiger partial charge in [-0.1, -0.05) is 19.4 Å². The second kappa shape index (κ2) is 6.06. The van der Waals surface area contributed by atoms with E-state index in [1.165, 1.54) is 0 Å². The minimum atomic E-state index is -0.00250. The molecule has 0 saturated heterocycles. The number of rotatable bonds is 5. The van der Waals surface area contributed by atoms with E-state index in [0.717, 1.165) is 36.0 Å². The van der Waals surface area contributed by atoms with Gasteiger partial charge in [-0.15, -0.1) is 0 Å². The zero-order valence-electron chi connectivity index (χ0n) is 12.6. The van der Waals surface area contributed by atoms with Crippen molar-refractivity contribution in [3.63, 3.8) is 0 Å². The van der Waals surface area contributed by atoms with Gasteiger partial charge >= 0.3 is 0 Å². The van der Waals surface area contributed by atoms with Crippen molar-refractivity contribution >= 4 is 11.3 Å². The van der Waals surface area contributed by atoms with E-state index in [4.69, 9.17) is 0 Å². The third-order valence-corrected chi connectivity index (χ3v) is 3.90. The maximum atomic E-state index is 12.9. The smallest absolute Gasteiger partial charge is 0.210 e. The molecule has 0 amide bonds. The molecule has 0 aliphatic rings. The molecule has 2 aromatic heterocycles. The summed E-state index contributed by atoms with van der Waals surface area (Å²) in [7, 11) is 0. The van der Waals surface area contributed by atoms with Gasteiger partial charge in [-0.25, -0.2) is 0 Å². The SMILES string of the molecule is CCCCc1cc2ccccn2c1C(=O)c1ccc(O)cc1. The van der Waals surface area contributed by atoms with Crippen molar-refractivity contribution in [1.29, 1.82) is 0 Å². The number of unbranched alkanes of at least 4 members (excludes halogenated alkanes) is 1. The molecule has 3 heteroatoms. The number of aryl methyl sites for hydroxylation is 1. The van der Waals surface area contributed by atoms with Gasteiger partial charge in [-0.2, -0.15) is 0 Å². The molecule has 0 bridgehead atoms. The highest BCUT2D eigenvalue weighted by Crippen LogP contribution is 2.23. The van der Waals surface area contributed by atoms with E-state index in [-0.39, 0.29) is 11.5 Å². The summed E-state index contributed by atoms with van der Waals surface area (Å²) in [5, 5.41) is 9.40. The number of nitrogens with zero attached hydrogens (tertiary/aromatic N) is 1. The highest BCUT2D eigenvalue weighted by Gasteiger charge is 2.18. The largest absolute Gasteiger partial charge is 0.508 e. The van der Waals surface area contributed by atoms with Crippen LogP contribution in [-0.4, -0.2) is 15.3 Å². The minimum absolute atomic E-state index is 0.00250. The molecular weight excluding hydrogens is 274 g/mol. The lowest BCUT2D eigenvalue weighted by molar-refractivity contribution is 0.103. The number of hydrogen-bond donors (Lipinski definition) is 1. The molecule has 1 aromatic carbocycles. The summed E-state index contributed by atoms with van der Waals surface area (Å²) in [6.07, 6.45) is 4.99. The van der Waals surface area contributed by atoms with Crippen molar-refractivity contribution in [2.45, 2.75) is 26.2 Å². The zero-order valence-corrected chi connectivity index (χ0v) is 12.6. The third kappa shape index (κ3) is 2.62.